The number of hydrogen-bond acceptors (Lipinski definition) is 4. The summed E-state index contributed by atoms with van der Waals surface area (Å²) in [5.41, 5.74) is 0.949. The Morgan fingerprint density at radius 1 is 1.20 bits per heavy atom. The second-order valence-corrected chi connectivity index (χ2v) is 5.72. The molecule has 2 aromatic carbocycles. The van der Waals surface area contributed by atoms with E-state index < -0.39 is 17.9 Å². The SMILES string of the molecule is CC1Oc2ccccc2N(CCC(=O)OCc2ccccc2F)C1=O. The highest BCUT2D eigenvalue weighted by Gasteiger charge is 2.31. The predicted octanol–water partition coefficient (Wildman–Crippen LogP) is 3.07. The molecule has 1 heterocycles. The minimum atomic E-state index is -0.607. The van der Waals surface area contributed by atoms with E-state index >= 15 is 0 Å². The highest BCUT2D eigenvalue weighted by Crippen LogP contribution is 2.33. The number of rotatable bonds is 5. The minimum absolute atomic E-state index is 0.0151. The lowest BCUT2D eigenvalue weighted by Gasteiger charge is -2.32. The zero-order chi connectivity index (χ0) is 17.8. The third-order valence-corrected chi connectivity index (χ3v) is 3.96. The average Bonchev–Trinajstić information content (AvgIpc) is 2.61. The highest BCUT2D eigenvalue weighted by molar-refractivity contribution is 6.00. The van der Waals surface area contributed by atoms with Gasteiger partial charge < -0.3 is 14.4 Å². The summed E-state index contributed by atoms with van der Waals surface area (Å²) in [7, 11) is 0. The number of fused-ring (bicyclic) bond motifs is 1. The molecule has 2 aromatic rings. The number of para-hydroxylation sites is 2. The Balaban J connectivity index is 1.60. The van der Waals surface area contributed by atoms with Gasteiger partial charge in [0.1, 0.15) is 18.2 Å². The summed E-state index contributed by atoms with van der Waals surface area (Å²) < 4.78 is 24.2. The first kappa shape index (κ1) is 17.0. The topological polar surface area (TPSA) is 55.8 Å². The van der Waals surface area contributed by atoms with E-state index in [-0.39, 0.29) is 25.5 Å². The van der Waals surface area contributed by atoms with Crippen LogP contribution in [0.5, 0.6) is 5.75 Å². The number of hydrogen-bond donors (Lipinski definition) is 0. The van der Waals surface area contributed by atoms with Crippen LogP contribution in [0.1, 0.15) is 18.9 Å². The molecule has 0 spiro atoms. The van der Waals surface area contributed by atoms with E-state index in [1.54, 1.807) is 43.3 Å². The monoisotopic (exact) mass is 343 g/mol. The Kier molecular flexibility index (Phi) is 4.97. The number of anilines is 1. The Bertz CT molecular complexity index is 792. The minimum Gasteiger partial charge on any atom is -0.479 e. The summed E-state index contributed by atoms with van der Waals surface area (Å²) in [6.45, 7) is 1.72. The van der Waals surface area contributed by atoms with E-state index in [0.717, 1.165) is 0 Å². The average molecular weight is 343 g/mol. The number of halogens is 1. The number of nitrogens with zero attached hydrogens (tertiary/aromatic N) is 1. The van der Waals surface area contributed by atoms with Crippen molar-refractivity contribution in [2.24, 2.45) is 0 Å². The van der Waals surface area contributed by atoms with E-state index in [9.17, 15) is 14.0 Å². The third-order valence-electron chi connectivity index (χ3n) is 3.96. The Hall–Kier alpha value is -2.89. The molecule has 1 aliphatic rings. The summed E-state index contributed by atoms with van der Waals surface area (Å²) in [4.78, 5) is 25.8. The smallest absolute Gasteiger partial charge is 0.307 e. The summed E-state index contributed by atoms with van der Waals surface area (Å²) in [5, 5.41) is 0. The largest absolute Gasteiger partial charge is 0.479 e. The van der Waals surface area contributed by atoms with Gasteiger partial charge in [-0.3, -0.25) is 9.59 Å². The van der Waals surface area contributed by atoms with Gasteiger partial charge in [-0.2, -0.15) is 0 Å². The van der Waals surface area contributed by atoms with Crippen LogP contribution in [0.25, 0.3) is 0 Å². The molecule has 130 valence electrons. The number of benzene rings is 2. The molecule has 1 unspecified atom stereocenters. The van der Waals surface area contributed by atoms with E-state index in [1.165, 1.54) is 11.0 Å². The van der Waals surface area contributed by atoms with Gasteiger partial charge in [-0.1, -0.05) is 30.3 Å². The van der Waals surface area contributed by atoms with Crippen LogP contribution >= 0.6 is 0 Å². The van der Waals surface area contributed by atoms with Crippen LogP contribution in [-0.2, 0) is 20.9 Å². The number of carbonyl (C=O) groups is 2. The zero-order valence-corrected chi connectivity index (χ0v) is 13.8. The van der Waals surface area contributed by atoms with Crippen LogP contribution < -0.4 is 9.64 Å². The predicted molar refractivity (Wildman–Crippen MR) is 89.7 cm³/mol. The Morgan fingerprint density at radius 2 is 1.92 bits per heavy atom. The lowest BCUT2D eigenvalue weighted by atomic mass is 10.2. The van der Waals surface area contributed by atoms with Crippen LogP contribution in [0.4, 0.5) is 10.1 Å². The van der Waals surface area contributed by atoms with Gasteiger partial charge in [-0.15, -0.1) is 0 Å². The quantitative estimate of drug-likeness (QED) is 0.783. The van der Waals surface area contributed by atoms with E-state index in [0.29, 0.717) is 17.0 Å². The molecule has 0 bridgehead atoms. The van der Waals surface area contributed by atoms with Crippen molar-refractivity contribution in [3.8, 4) is 5.75 Å². The molecule has 3 rings (SSSR count). The van der Waals surface area contributed by atoms with Crippen LogP contribution in [0.15, 0.2) is 48.5 Å². The molecule has 0 fully saturated rings. The van der Waals surface area contributed by atoms with Crippen molar-refractivity contribution in [1.82, 2.24) is 0 Å². The maximum absolute atomic E-state index is 13.5. The fraction of sp³-hybridized carbons (Fsp3) is 0.263. The highest BCUT2D eigenvalue weighted by atomic mass is 19.1. The van der Waals surface area contributed by atoms with Crippen molar-refractivity contribution in [1.29, 1.82) is 0 Å². The molecule has 5 nitrogen and oxygen atoms in total. The maximum Gasteiger partial charge on any atom is 0.307 e. The summed E-state index contributed by atoms with van der Waals surface area (Å²) in [6, 6.07) is 13.3. The van der Waals surface area contributed by atoms with Crippen LogP contribution in [0.2, 0.25) is 0 Å². The molecule has 0 saturated heterocycles. The van der Waals surface area contributed by atoms with E-state index in [1.807, 2.05) is 6.07 Å². The molecule has 6 heteroatoms. The molecular formula is C19H18FNO4. The van der Waals surface area contributed by atoms with E-state index in [4.69, 9.17) is 9.47 Å². The van der Waals surface area contributed by atoms with Gasteiger partial charge in [0, 0.05) is 12.1 Å². The summed E-state index contributed by atoms with van der Waals surface area (Å²) in [6.07, 6.45) is -0.592. The van der Waals surface area contributed by atoms with Gasteiger partial charge in [-0.05, 0) is 25.1 Å². The normalized spacial score (nSPS) is 16.2. The number of carbonyl (C=O) groups excluding carboxylic acids is 2. The first-order valence-electron chi connectivity index (χ1n) is 8.02. The maximum atomic E-state index is 13.5. The Labute approximate surface area is 145 Å². The van der Waals surface area contributed by atoms with Crippen LogP contribution in [-0.4, -0.2) is 24.5 Å². The van der Waals surface area contributed by atoms with Crippen molar-refractivity contribution in [3.63, 3.8) is 0 Å². The van der Waals surface area contributed by atoms with Crippen LogP contribution in [0.3, 0.4) is 0 Å². The van der Waals surface area contributed by atoms with E-state index in [2.05, 4.69) is 0 Å². The summed E-state index contributed by atoms with van der Waals surface area (Å²) >= 11 is 0. The standard InChI is InChI=1S/C19H18FNO4/c1-13-19(23)21(16-8-4-5-9-17(16)25-13)11-10-18(22)24-12-14-6-2-3-7-15(14)20/h2-9,13H,10-12H2,1H3. The van der Waals surface area contributed by atoms with Crippen molar-refractivity contribution in [3.05, 3.63) is 59.9 Å². The molecule has 1 amide bonds. The first-order chi connectivity index (χ1) is 12.1. The molecule has 0 N–H and O–H groups in total. The second-order valence-electron chi connectivity index (χ2n) is 5.72. The van der Waals surface area contributed by atoms with Gasteiger partial charge in [0.2, 0.25) is 0 Å². The van der Waals surface area contributed by atoms with Gasteiger partial charge in [0.05, 0.1) is 12.1 Å². The van der Waals surface area contributed by atoms with Gasteiger partial charge in [-0.25, -0.2) is 4.39 Å². The molecule has 0 aromatic heterocycles. The van der Waals surface area contributed by atoms with Crippen molar-refractivity contribution >= 4 is 17.6 Å². The molecule has 1 aliphatic heterocycles. The van der Waals surface area contributed by atoms with Gasteiger partial charge in [0.25, 0.3) is 5.91 Å². The number of esters is 1. The molecule has 0 radical (unpaired) electrons. The molecule has 0 aliphatic carbocycles. The first-order valence-corrected chi connectivity index (χ1v) is 8.02. The third kappa shape index (κ3) is 3.79. The fourth-order valence-corrected chi connectivity index (χ4v) is 2.64. The zero-order valence-electron chi connectivity index (χ0n) is 13.8. The molecular weight excluding hydrogens is 325 g/mol. The van der Waals surface area contributed by atoms with Gasteiger partial charge in [0.15, 0.2) is 6.10 Å². The van der Waals surface area contributed by atoms with Gasteiger partial charge >= 0.3 is 5.97 Å². The lowest BCUT2D eigenvalue weighted by Crippen LogP contribution is -2.45. The number of amides is 1. The second kappa shape index (κ2) is 7.34. The Morgan fingerprint density at radius 3 is 2.72 bits per heavy atom. The van der Waals surface area contributed by atoms with Crippen LogP contribution in [0, 0.1) is 5.82 Å². The summed E-state index contributed by atoms with van der Waals surface area (Å²) in [5.74, 6) is -0.510. The van der Waals surface area contributed by atoms with Crippen molar-refractivity contribution < 1.29 is 23.5 Å². The van der Waals surface area contributed by atoms with Crippen molar-refractivity contribution in [2.75, 3.05) is 11.4 Å². The molecule has 1 atom stereocenters. The fourth-order valence-electron chi connectivity index (χ4n) is 2.64. The number of ether oxygens (including phenoxy) is 2. The molecule has 25 heavy (non-hydrogen) atoms. The van der Waals surface area contributed by atoms with Crippen molar-refractivity contribution in [2.45, 2.75) is 26.1 Å². The molecule has 0 saturated carbocycles. The lowest BCUT2D eigenvalue weighted by molar-refractivity contribution is -0.144.